The van der Waals surface area contributed by atoms with E-state index in [4.69, 9.17) is 9.47 Å². The number of thiophene rings is 1. The lowest BCUT2D eigenvalue weighted by Gasteiger charge is -2.35. The molecule has 0 bridgehead atoms. The second kappa shape index (κ2) is 10.5. The number of fused-ring (bicyclic) bond motifs is 1. The minimum absolute atomic E-state index is 0.0366. The fourth-order valence-corrected chi connectivity index (χ4v) is 4.91. The Morgan fingerprint density at radius 2 is 1.78 bits per heavy atom. The lowest BCUT2D eigenvalue weighted by atomic mass is 10.0. The summed E-state index contributed by atoms with van der Waals surface area (Å²) in [5.41, 5.74) is -2.97. The fraction of sp³-hybridized carbons (Fsp3) is 0.667. The number of anilines is 1. The first kappa shape index (κ1) is 26.0. The highest BCUT2D eigenvalue weighted by atomic mass is 32.1. The maximum atomic E-state index is 14.4. The minimum Gasteiger partial charge on any atom is -0.465 e. The summed E-state index contributed by atoms with van der Waals surface area (Å²) in [7, 11) is 1.14. The highest BCUT2D eigenvalue weighted by Crippen LogP contribution is 2.42. The third kappa shape index (κ3) is 5.54. The Bertz CT molecular complexity index is 853. The van der Waals surface area contributed by atoms with Gasteiger partial charge >= 0.3 is 23.8 Å². The Balaban J connectivity index is 2.63. The van der Waals surface area contributed by atoms with Gasteiger partial charge in [-0.3, -0.25) is 4.79 Å². The molecule has 1 aromatic heterocycles. The maximum Gasteiger partial charge on any atom is 0.441 e. The van der Waals surface area contributed by atoms with Crippen molar-refractivity contribution in [3.8, 4) is 0 Å². The number of methoxy groups -OCH3 is 1. The number of ether oxygens (including phenoxy) is 2. The average molecular weight is 479 g/mol. The van der Waals surface area contributed by atoms with E-state index in [-0.39, 0.29) is 29.5 Å². The first-order valence-corrected chi connectivity index (χ1v) is 11.3. The van der Waals surface area contributed by atoms with Crippen molar-refractivity contribution < 1.29 is 37.0 Å². The topological polar surface area (TPSA) is 93.7 Å². The van der Waals surface area contributed by atoms with Gasteiger partial charge in [-0.05, 0) is 44.1 Å². The summed E-state index contributed by atoms with van der Waals surface area (Å²) in [5.74, 6) is -3.73. The lowest BCUT2D eigenvalue weighted by Crippen LogP contribution is -2.69. The number of nitrogens with one attached hydrogen (secondary N) is 2. The molecule has 0 aromatic carbocycles. The van der Waals surface area contributed by atoms with Crippen LogP contribution in [0.1, 0.15) is 67.3 Å². The van der Waals surface area contributed by atoms with Gasteiger partial charge in [0.1, 0.15) is 5.00 Å². The lowest BCUT2D eigenvalue weighted by molar-refractivity contribution is -0.208. The number of alkyl halides is 3. The summed E-state index contributed by atoms with van der Waals surface area (Å²) in [6, 6.07) is 0. The minimum atomic E-state index is -5.26. The summed E-state index contributed by atoms with van der Waals surface area (Å²) in [6.45, 7) is 4.36. The third-order valence-electron chi connectivity index (χ3n) is 5.04. The Morgan fingerprint density at radius 1 is 1.12 bits per heavy atom. The maximum absolute atomic E-state index is 14.4. The molecule has 1 aromatic rings. The number of hydrogen-bond donors (Lipinski definition) is 2. The van der Waals surface area contributed by atoms with Crippen LogP contribution in [-0.2, 0) is 31.9 Å². The summed E-state index contributed by atoms with van der Waals surface area (Å²) in [4.78, 5) is 38.3. The molecule has 1 unspecified atom stereocenters. The molecule has 2 N–H and O–H groups in total. The number of rotatable bonds is 8. The zero-order valence-corrected chi connectivity index (χ0v) is 19.4. The van der Waals surface area contributed by atoms with Gasteiger partial charge in [0.2, 0.25) is 5.91 Å². The van der Waals surface area contributed by atoms with Gasteiger partial charge in [-0.1, -0.05) is 20.3 Å². The molecule has 1 atom stereocenters. The van der Waals surface area contributed by atoms with E-state index >= 15 is 0 Å². The molecule has 0 radical (unpaired) electrons. The smallest absolute Gasteiger partial charge is 0.441 e. The van der Waals surface area contributed by atoms with Crippen molar-refractivity contribution in [1.82, 2.24) is 5.32 Å². The van der Waals surface area contributed by atoms with Gasteiger partial charge < -0.3 is 20.1 Å². The quantitative estimate of drug-likeness (QED) is 0.331. The molecule has 2 rings (SSSR count). The molecule has 1 amide bonds. The molecule has 32 heavy (non-hydrogen) atoms. The molecular weight excluding hydrogens is 449 g/mol. The van der Waals surface area contributed by atoms with E-state index < -0.39 is 29.7 Å². The van der Waals surface area contributed by atoms with Crippen LogP contribution in [0.15, 0.2) is 0 Å². The van der Waals surface area contributed by atoms with Crippen molar-refractivity contribution in [2.75, 3.05) is 19.0 Å². The van der Waals surface area contributed by atoms with Crippen molar-refractivity contribution in [3.05, 3.63) is 16.0 Å². The predicted octanol–water partition coefficient (Wildman–Crippen LogP) is 4.20. The van der Waals surface area contributed by atoms with Gasteiger partial charge in [0.05, 0.1) is 19.3 Å². The van der Waals surface area contributed by atoms with Crippen LogP contribution < -0.4 is 10.6 Å². The second-order valence-corrected chi connectivity index (χ2v) is 9.10. The van der Waals surface area contributed by atoms with Crippen LogP contribution in [0.2, 0.25) is 0 Å². The van der Waals surface area contributed by atoms with Crippen molar-refractivity contribution in [2.45, 2.75) is 71.1 Å². The Hall–Kier alpha value is -2.30. The van der Waals surface area contributed by atoms with Gasteiger partial charge in [-0.2, -0.15) is 13.2 Å². The average Bonchev–Trinajstić information content (AvgIpc) is 2.85. The van der Waals surface area contributed by atoms with Crippen LogP contribution in [0.5, 0.6) is 0 Å². The first-order valence-electron chi connectivity index (χ1n) is 10.5. The second-order valence-electron chi connectivity index (χ2n) is 8.00. The normalized spacial score (nSPS) is 15.9. The van der Waals surface area contributed by atoms with Gasteiger partial charge in [-0.25, -0.2) is 9.59 Å². The number of aryl methyl sites for hydroxylation is 1. The Morgan fingerprint density at radius 3 is 2.34 bits per heavy atom. The van der Waals surface area contributed by atoms with Crippen LogP contribution in [0, 0.1) is 5.92 Å². The van der Waals surface area contributed by atoms with Crippen molar-refractivity contribution in [2.24, 2.45) is 5.92 Å². The number of halogens is 3. The summed E-state index contributed by atoms with van der Waals surface area (Å²) >= 11 is 0.967. The summed E-state index contributed by atoms with van der Waals surface area (Å²) < 4.78 is 52.8. The number of esters is 2. The SMILES string of the molecule is CCOC(=O)C(NC(=O)CC(C)C)(Nc1sc2c(c1C(=O)OC)CCCCC2)C(F)(F)F. The van der Waals surface area contributed by atoms with Gasteiger partial charge in [0.15, 0.2) is 0 Å². The molecule has 0 saturated heterocycles. The molecule has 180 valence electrons. The zero-order chi connectivity index (χ0) is 24.1. The predicted molar refractivity (Wildman–Crippen MR) is 114 cm³/mol. The molecule has 7 nitrogen and oxygen atoms in total. The number of carbonyl (C=O) groups excluding carboxylic acids is 3. The molecule has 0 spiro atoms. The van der Waals surface area contributed by atoms with E-state index in [0.717, 1.165) is 42.6 Å². The monoisotopic (exact) mass is 478 g/mol. The van der Waals surface area contributed by atoms with E-state index in [0.29, 0.717) is 18.4 Å². The van der Waals surface area contributed by atoms with E-state index in [1.807, 2.05) is 5.32 Å². The molecule has 1 heterocycles. The summed E-state index contributed by atoms with van der Waals surface area (Å²) in [6.07, 6.45) is -1.84. The number of amides is 1. The number of hydrogen-bond acceptors (Lipinski definition) is 7. The fourth-order valence-electron chi connectivity index (χ4n) is 3.58. The van der Waals surface area contributed by atoms with Crippen LogP contribution in [-0.4, -0.2) is 43.4 Å². The highest BCUT2D eigenvalue weighted by molar-refractivity contribution is 7.16. The molecule has 0 fully saturated rings. The first-order chi connectivity index (χ1) is 15.0. The van der Waals surface area contributed by atoms with E-state index in [9.17, 15) is 27.6 Å². The van der Waals surface area contributed by atoms with E-state index in [1.165, 1.54) is 6.92 Å². The van der Waals surface area contributed by atoms with Crippen LogP contribution in [0.25, 0.3) is 0 Å². The largest absolute Gasteiger partial charge is 0.465 e. The van der Waals surface area contributed by atoms with Crippen molar-refractivity contribution >= 4 is 34.2 Å². The van der Waals surface area contributed by atoms with Crippen molar-refractivity contribution in [3.63, 3.8) is 0 Å². The van der Waals surface area contributed by atoms with Gasteiger partial charge in [-0.15, -0.1) is 11.3 Å². The van der Waals surface area contributed by atoms with Gasteiger partial charge in [0, 0.05) is 11.3 Å². The third-order valence-corrected chi connectivity index (χ3v) is 6.25. The standard InChI is InChI=1S/C21H29F3N2O5S/c1-5-31-19(29)20(21(22,23)24,25-15(27)11-12(2)3)26-17-16(18(28)30-4)13-9-7-6-8-10-14(13)32-17/h12,26H,5-11H2,1-4H3,(H,25,27). The summed E-state index contributed by atoms with van der Waals surface area (Å²) in [5, 5.41) is 3.80. The van der Waals surface area contributed by atoms with E-state index in [1.54, 1.807) is 13.8 Å². The molecule has 0 aliphatic heterocycles. The molecule has 0 saturated carbocycles. The molecule has 1 aliphatic rings. The van der Waals surface area contributed by atoms with Crippen LogP contribution in [0.3, 0.4) is 0 Å². The molecule has 11 heteroatoms. The number of carbonyl (C=O) groups is 3. The Kier molecular flexibility index (Phi) is 8.55. The van der Waals surface area contributed by atoms with Crippen molar-refractivity contribution in [1.29, 1.82) is 0 Å². The van der Waals surface area contributed by atoms with Gasteiger partial charge in [0.25, 0.3) is 0 Å². The highest BCUT2D eigenvalue weighted by Gasteiger charge is 2.64. The molecule has 1 aliphatic carbocycles. The zero-order valence-electron chi connectivity index (χ0n) is 18.6. The van der Waals surface area contributed by atoms with E-state index in [2.05, 4.69) is 5.32 Å². The molecular formula is C21H29F3N2O5S. The van der Waals surface area contributed by atoms with Crippen LogP contribution in [0.4, 0.5) is 18.2 Å². The Labute approximate surface area is 189 Å². The van der Waals surface area contributed by atoms with Crippen LogP contribution >= 0.6 is 11.3 Å².